The van der Waals surface area contributed by atoms with Gasteiger partial charge in [-0.3, -0.25) is 9.59 Å². The molecule has 1 aromatic carbocycles. The number of rotatable bonds is 2. The van der Waals surface area contributed by atoms with Crippen molar-refractivity contribution in [3.8, 4) is 0 Å². The van der Waals surface area contributed by atoms with Crippen LogP contribution in [0.5, 0.6) is 0 Å². The van der Waals surface area contributed by atoms with Crippen LogP contribution in [0, 0.1) is 11.6 Å². The van der Waals surface area contributed by atoms with Gasteiger partial charge in [0.1, 0.15) is 12.1 Å². The summed E-state index contributed by atoms with van der Waals surface area (Å²) in [6, 6.07) is 6.51. The van der Waals surface area contributed by atoms with E-state index in [4.69, 9.17) is 0 Å². The second kappa shape index (κ2) is 7.18. The minimum atomic E-state index is -1.10. The molecule has 9 nitrogen and oxygen atoms in total. The monoisotopic (exact) mass is 387 g/mol. The summed E-state index contributed by atoms with van der Waals surface area (Å²) in [5.41, 5.74) is 0.647. The molecule has 1 saturated heterocycles. The number of hydrogen-bond donors (Lipinski definition) is 1. The van der Waals surface area contributed by atoms with E-state index >= 15 is 0 Å². The Balaban J connectivity index is 1.36. The van der Waals surface area contributed by atoms with Crippen molar-refractivity contribution >= 4 is 29.0 Å². The Hall–Kier alpha value is -3.63. The van der Waals surface area contributed by atoms with Crippen LogP contribution in [-0.2, 0) is 9.59 Å². The van der Waals surface area contributed by atoms with Crippen LogP contribution >= 0.6 is 0 Å². The van der Waals surface area contributed by atoms with E-state index in [9.17, 15) is 18.4 Å². The van der Waals surface area contributed by atoms with Crippen molar-refractivity contribution in [1.82, 2.24) is 24.7 Å². The van der Waals surface area contributed by atoms with E-state index in [1.165, 1.54) is 17.3 Å². The maximum Gasteiger partial charge on any atom is 0.313 e. The van der Waals surface area contributed by atoms with Gasteiger partial charge >= 0.3 is 11.8 Å². The molecule has 2 amide bonds. The first kappa shape index (κ1) is 17.8. The summed E-state index contributed by atoms with van der Waals surface area (Å²) in [4.78, 5) is 27.8. The van der Waals surface area contributed by atoms with Gasteiger partial charge < -0.3 is 15.1 Å². The zero-order chi connectivity index (χ0) is 19.7. The lowest BCUT2D eigenvalue weighted by atomic mass is 10.2. The number of carbonyl (C=O) groups excluding carboxylic acids is 2. The quantitative estimate of drug-likeness (QED) is 0.650. The highest BCUT2D eigenvalue weighted by atomic mass is 19.2. The highest BCUT2D eigenvalue weighted by Gasteiger charge is 2.27. The van der Waals surface area contributed by atoms with Gasteiger partial charge in [-0.25, -0.2) is 8.78 Å². The van der Waals surface area contributed by atoms with E-state index in [0.717, 1.165) is 12.1 Å². The van der Waals surface area contributed by atoms with E-state index < -0.39 is 23.4 Å². The molecule has 0 saturated carbocycles. The van der Waals surface area contributed by atoms with E-state index in [-0.39, 0.29) is 5.69 Å². The number of benzene rings is 1. The molecule has 4 rings (SSSR count). The van der Waals surface area contributed by atoms with Crippen LogP contribution in [0.2, 0.25) is 0 Å². The van der Waals surface area contributed by atoms with Crippen LogP contribution in [0.25, 0.3) is 5.65 Å². The fourth-order valence-electron chi connectivity index (χ4n) is 2.93. The van der Waals surface area contributed by atoms with Crippen LogP contribution in [0.15, 0.2) is 36.7 Å². The number of aromatic nitrogens is 4. The number of carbonyl (C=O) groups is 2. The third-order valence-electron chi connectivity index (χ3n) is 4.41. The smallest absolute Gasteiger partial charge is 0.313 e. The standard InChI is InChI=1S/C17H15F2N7O2/c18-12-2-1-11(9-13(12)19)21-16(27)17(28)25-7-5-24(6-8-25)15-4-3-14-22-20-10-26(14)23-15/h1-4,9-10H,5-8H2,(H,21,27). The number of piperazine rings is 1. The van der Waals surface area contributed by atoms with Crippen molar-refractivity contribution in [1.29, 1.82) is 0 Å². The van der Waals surface area contributed by atoms with Gasteiger partial charge in [0.15, 0.2) is 17.3 Å². The summed E-state index contributed by atoms with van der Waals surface area (Å²) in [5, 5.41) is 14.4. The number of amides is 2. The van der Waals surface area contributed by atoms with Gasteiger partial charge in [0, 0.05) is 37.9 Å². The zero-order valence-electron chi connectivity index (χ0n) is 14.5. The zero-order valence-corrected chi connectivity index (χ0v) is 14.5. The first-order chi connectivity index (χ1) is 13.5. The maximum atomic E-state index is 13.2. The summed E-state index contributed by atoms with van der Waals surface area (Å²) in [5.74, 6) is -3.05. The minimum Gasteiger partial charge on any atom is -0.352 e. The molecule has 2 aromatic heterocycles. The Morgan fingerprint density at radius 1 is 1.00 bits per heavy atom. The molecule has 28 heavy (non-hydrogen) atoms. The van der Waals surface area contributed by atoms with Crippen molar-refractivity contribution in [3.63, 3.8) is 0 Å². The Bertz CT molecular complexity index is 1050. The van der Waals surface area contributed by atoms with Gasteiger partial charge in [-0.15, -0.1) is 15.3 Å². The van der Waals surface area contributed by atoms with Gasteiger partial charge in [0.2, 0.25) is 0 Å². The summed E-state index contributed by atoms with van der Waals surface area (Å²) >= 11 is 0. The maximum absolute atomic E-state index is 13.2. The topological polar surface area (TPSA) is 95.7 Å². The van der Waals surface area contributed by atoms with E-state index in [1.54, 1.807) is 10.6 Å². The van der Waals surface area contributed by atoms with E-state index in [2.05, 4.69) is 20.6 Å². The molecule has 144 valence electrons. The molecule has 1 fully saturated rings. The van der Waals surface area contributed by atoms with Crippen molar-refractivity contribution < 1.29 is 18.4 Å². The average Bonchev–Trinajstić information content (AvgIpc) is 3.18. The molecule has 0 unspecified atom stereocenters. The Labute approximate surface area is 157 Å². The van der Waals surface area contributed by atoms with Gasteiger partial charge in [-0.05, 0) is 24.3 Å². The van der Waals surface area contributed by atoms with Crippen molar-refractivity contribution in [2.75, 3.05) is 36.4 Å². The second-order valence-electron chi connectivity index (χ2n) is 6.19. The Morgan fingerprint density at radius 3 is 2.54 bits per heavy atom. The van der Waals surface area contributed by atoms with Gasteiger partial charge in [0.25, 0.3) is 0 Å². The lowest BCUT2D eigenvalue weighted by Crippen LogP contribution is -2.51. The number of hydrogen-bond acceptors (Lipinski definition) is 6. The van der Waals surface area contributed by atoms with Crippen molar-refractivity contribution in [2.45, 2.75) is 0 Å². The predicted octanol–water partition coefficient (Wildman–Crippen LogP) is 0.690. The third-order valence-corrected chi connectivity index (χ3v) is 4.41. The fraction of sp³-hybridized carbons (Fsp3) is 0.235. The lowest BCUT2D eigenvalue weighted by molar-refractivity contribution is -0.143. The first-order valence-electron chi connectivity index (χ1n) is 8.48. The van der Waals surface area contributed by atoms with Crippen LogP contribution < -0.4 is 10.2 Å². The summed E-state index contributed by atoms with van der Waals surface area (Å²) in [6.45, 7) is 1.63. The van der Waals surface area contributed by atoms with Crippen LogP contribution in [0.1, 0.15) is 0 Å². The second-order valence-corrected chi connectivity index (χ2v) is 6.19. The van der Waals surface area contributed by atoms with Crippen LogP contribution in [0.3, 0.4) is 0 Å². The number of nitrogens with zero attached hydrogens (tertiary/aromatic N) is 6. The SMILES string of the molecule is O=C(Nc1ccc(F)c(F)c1)C(=O)N1CCN(c2ccc3nncn3n2)CC1. The molecule has 3 aromatic rings. The minimum absolute atomic E-state index is 0.0160. The molecule has 0 atom stereocenters. The lowest BCUT2D eigenvalue weighted by Gasteiger charge is -2.34. The van der Waals surface area contributed by atoms with E-state index in [1.807, 2.05) is 11.0 Å². The molecule has 1 N–H and O–H groups in total. The van der Waals surface area contributed by atoms with E-state index in [0.29, 0.717) is 37.6 Å². The number of fused-ring (bicyclic) bond motifs is 1. The van der Waals surface area contributed by atoms with Crippen LogP contribution in [-0.4, -0.2) is 62.7 Å². The molecule has 0 radical (unpaired) electrons. The number of anilines is 2. The summed E-state index contributed by atoms with van der Waals surface area (Å²) in [7, 11) is 0. The highest BCUT2D eigenvalue weighted by Crippen LogP contribution is 2.15. The molecule has 1 aliphatic rings. The van der Waals surface area contributed by atoms with Crippen molar-refractivity contribution in [3.05, 3.63) is 48.3 Å². The first-order valence-corrected chi connectivity index (χ1v) is 8.48. The summed E-state index contributed by atoms with van der Waals surface area (Å²) < 4.78 is 27.7. The summed E-state index contributed by atoms with van der Waals surface area (Å²) in [6.07, 6.45) is 1.50. The highest BCUT2D eigenvalue weighted by molar-refractivity contribution is 6.39. The molecular formula is C17H15F2N7O2. The molecule has 0 aliphatic carbocycles. The molecule has 3 heterocycles. The fourth-order valence-corrected chi connectivity index (χ4v) is 2.93. The number of halogens is 2. The predicted molar refractivity (Wildman–Crippen MR) is 94.6 cm³/mol. The third kappa shape index (κ3) is 3.46. The molecule has 0 spiro atoms. The average molecular weight is 387 g/mol. The Morgan fingerprint density at radius 2 is 1.79 bits per heavy atom. The Kier molecular flexibility index (Phi) is 4.55. The van der Waals surface area contributed by atoms with Crippen molar-refractivity contribution in [2.24, 2.45) is 0 Å². The van der Waals surface area contributed by atoms with Gasteiger partial charge in [0.05, 0.1) is 0 Å². The molecule has 11 heteroatoms. The largest absolute Gasteiger partial charge is 0.352 e. The van der Waals surface area contributed by atoms with Gasteiger partial charge in [-0.2, -0.15) is 4.52 Å². The molecule has 0 bridgehead atoms. The number of nitrogens with one attached hydrogen (secondary N) is 1. The molecule has 1 aliphatic heterocycles. The van der Waals surface area contributed by atoms with Crippen LogP contribution in [0.4, 0.5) is 20.3 Å². The normalized spacial score (nSPS) is 14.4. The van der Waals surface area contributed by atoms with Gasteiger partial charge in [-0.1, -0.05) is 0 Å². The molecular weight excluding hydrogens is 372 g/mol.